The molecule has 0 saturated heterocycles. The van der Waals surface area contributed by atoms with Crippen molar-refractivity contribution in [2.24, 2.45) is 0 Å². The van der Waals surface area contributed by atoms with Gasteiger partial charge >= 0.3 is 0 Å². The number of fused-ring (bicyclic) bond motifs is 12. The van der Waals surface area contributed by atoms with Crippen molar-refractivity contribution in [3.8, 4) is 16.8 Å². The average molecular weight is 781 g/mol. The van der Waals surface area contributed by atoms with Crippen molar-refractivity contribution in [1.29, 1.82) is 0 Å². The lowest BCUT2D eigenvalue weighted by atomic mass is 9.59. The number of hydrogen-bond acceptors (Lipinski definition) is 2. The van der Waals surface area contributed by atoms with Gasteiger partial charge in [-0.2, -0.15) is 0 Å². The molecule has 0 fully saturated rings. The van der Waals surface area contributed by atoms with Crippen molar-refractivity contribution >= 4 is 72.2 Å². The largest absolute Gasteiger partial charge is 0.310 e. The number of para-hydroxylation sites is 2. The predicted octanol–water partition coefficient (Wildman–Crippen LogP) is 15.4. The zero-order valence-corrected chi connectivity index (χ0v) is 33.4. The smallest absolute Gasteiger partial charge is 0.0736 e. The molecule has 60 heavy (non-hydrogen) atoms. The molecule has 1 spiro atoms. The maximum atomic E-state index is 2.50. The Morgan fingerprint density at radius 2 is 0.983 bits per heavy atom. The van der Waals surface area contributed by atoms with Gasteiger partial charge in [0.1, 0.15) is 0 Å². The molecule has 13 rings (SSSR count). The quantitative estimate of drug-likeness (QED) is 0.176. The number of anilines is 3. The van der Waals surface area contributed by atoms with E-state index in [0.717, 1.165) is 17.1 Å². The lowest BCUT2D eigenvalue weighted by Crippen LogP contribution is -2.36. The molecule has 0 saturated carbocycles. The van der Waals surface area contributed by atoms with E-state index in [1.54, 1.807) is 0 Å². The first-order valence-corrected chi connectivity index (χ1v) is 21.5. The molecule has 0 N–H and O–H groups in total. The predicted molar refractivity (Wildman–Crippen MR) is 252 cm³/mol. The minimum absolute atomic E-state index is 0.537. The minimum atomic E-state index is -0.537. The normalized spacial score (nSPS) is 15.0. The Labute approximate surface area is 352 Å². The highest BCUT2D eigenvalue weighted by Gasteiger charge is 2.48. The zero-order chi connectivity index (χ0) is 39.4. The molecule has 10 aromatic carbocycles. The van der Waals surface area contributed by atoms with Crippen LogP contribution in [-0.4, -0.2) is 4.57 Å². The van der Waals surface area contributed by atoms with Gasteiger partial charge in [-0.3, -0.25) is 0 Å². The molecule has 1 aliphatic heterocycles. The third-order valence-corrected chi connectivity index (χ3v) is 14.2. The van der Waals surface area contributed by atoms with Crippen LogP contribution in [0.5, 0.6) is 0 Å². The van der Waals surface area contributed by atoms with Gasteiger partial charge in [0.2, 0.25) is 0 Å². The summed E-state index contributed by atoms with van der Waals surface area (Å²) in [5, 5.41) is 7.55. The monoisotopic (exact) mass is 780 g/mol. The van der Waals surface area contributed by atoms with Crippen LogP contribution in [-0.2, 0) is 5.41 Å². The Bertz CT molecular complexity index is 3540. The van der Waals surface area contributed by atoms with E-state index in [2.05, 4.69) is 228 Å². The van der Waals surface area contributed by atoms with Crippen molar-refractivity contribution in [1.82, 2.24) is 4.57 Å². The van der Waals surface area contributed by atoms with Crippen molar-refractivity contribution in [3.05, 3.63) is 241 Å². The molecule has 0 radical (unpaired) electrons. The molecular formula is C57H36N2S. The molecule has 0 amide bonds. The molecule has 1 atom stereocenters. The molecule has 2 aliphatic rings. The zero-order valence-electron chi connectivity index (χ0n) is 32.6. The van der Waals surface area contributed by atoms with Gasteiger partial charge in [0.25, 0.3) is 0 Å². The lowest BCUT2D eigenvalue weighted by molar-refractivity contribution is 0.707. The van der Waals surface area contributed by atoms with Gasteiger partial charge in [-0.25, -0.2) is 0 Å². The summed E-state index contributed by atoms with van der Waals surface area (Å²) in [5.74, 6) is 0. The molecule has 1 unspecified atom stereocenters. The van der Waals surface area contributed by atoms with Crippen molar-refractivity contribution in [2.45, 2.75) is 15.2 Å². The molecule has 11 aromatic rings. The summed E-state index contributed by atoms with van der Waals surface area (Å²) in [5.41, 5.74) is 14.3. The second-order valence-corrected chi connectivity index (χ2v) is 17.1. The summed E-state index contributed by atoms with van der Waals surface area (Å²) in [6.45, 7) is 0. The lowest BCUT2D eigenvalue weighted by Gasteiger charge is -2.46. The van der Waals surface area contributed by atoms with Crippen LogP contribution in [0.3, 0.4) is 0 Å². The SMILES string of the molecule is c1ccc(N(c2ccc3c(c2)C2(c4ccccc4S3)c3ccccc3-c3cccc4cccc2c34)c2ccc3c4ccccc4n(-c4cccc5ccccc45)c3c2)cc1. The van der Waals surface area contributed by atoms with Crippen LogP contribution in [0.15, 0.2) is 228 Å². The molecule has 1 aliphatic carbocycles. The number of rotatable bonds is 4. The Morgan fingerprint density at radius 3 is 1.90 bits per heavy atom. The first-order chi connectivity index (χ1) is 29.8. The van der Waals surface area contributed by atoms with Crippen molar-refractivity contribution in [3.63, 3.8) is 0 Å². The first kappa shape index (κ1) is 33.6. The van der Waals surface area contributed by atoms with E-state index in [1.807, 2.05) is 11.8 Å². The van der Waals surface area contributed by atoms with Gasteiger partial charge in [0.05, 0.1) is 22.1 Å². The topological polar surface area (TPSA) is 8.17 Å². The van der Waals surface area contributed by atoms with Crippen LogP contribution in [0.1, 0.15) is 22.3 Å². The maximum Gasteiger partial charge on any atom is 0.0736 e. The molecule has 280 valence electrons. The van der Waals surface area contributed by atoms with E-state index in [4.69, 9.17) is 0 Å². The van der Waals surface area contributed by atoms with Crippen LogP contribution in [0.4, 0.5) is 17.1 Å². The number of benzene rings is 10. The number of hydrogen-bond donors (Lipinski definition) is 0. The van der Waals surface area contributed by atoms with E-state index in [0.29, 0.717) is 0 Å². The van der Waals surface area contributed by atoms with Gasteiger partial charge in [-0.1, -0.05) is 169 Å². The summed E-state index contributed by atoms with van der Waals surface area (Å²) in [6, 6.07) is 81.2. The summed E-state index contributed by atoms with van der Waals surface area (Å²) in [6.07, 6.45) is 0. The van der Waals surface area contributed by atoms with Gasteiger partial charge in [-0.15, -0.1) is 0 Å². The highest BCUT2D eigenvalue weighted by Crippen LogP contribution is 2.62. The van der Waals surface area contributed by atoms with Gasteiger partial charge in [0.15, 0.2) is 0 Å². The van der Waals surface area contributed by atoms with Gasteiger partial charge in [0, 0.05) is 43.0 Å². The molecule has 1 aromatic heterocycles. The fourth-order valence-corrected chi connectivity index (χ4v) is 11.8. The van der Waals surface area contributed by atoms with Gasteiger partial charge in [-0.05, 0) is 110 Å². The van der Waals surface area contributed by atoms with E-state index < -0.39 is 5.41 Å². The van der Waals surface area contributed by atoms with Crippen LogP contribution < -0.4 is 4.90 Å². The molecule has 0 bridgehead atoms. The van der Waals surface area contributed by atoms with E-state index in [-0.39, 0.29) is 0 Å². The van der Waals surface area contributed by atoms with Crippen LogP contribution >= 0.6 is 11.8 Å². The third-order valence-electron chi connectivity index (χ3n) is 13.0. The highest BCUT2D eigenvalue weighted by atomic mass is 32.2. The molecule has 2 nitrogen and oxygen atoms in total. The summed E-state index contributed by atoms with van der Waals surface area (Å²) in [7, 11) is 0. The summed E-state index contributed by atoms with van der Waals surface area (Å²) in [4.78, 5) is 5.03. The average Bonchev–Trinajstić information content (AvgIpc) is 3.64. The second-order valence-electron chi connectivity index (χ2n) is 16.0. The summed E-state index contributed by atoms with van der Waals surface area (Å²) < 4.78 is 2.46. The molecule has 2 heterocycles. The minimum Gasteiger partial charge on any atom is -0.310 e. The molecular weight excluding hydrogens is 745 g/mol. The van der Waals surface area contributed by atoms with E-state index in [9.17, 15) is 0 Å². The highest BCUT2D eigenvalue weighted by molar-refractivity contribution is 7.99. The first-order valence-electron chi connectivity index (χ1n) is 20.7. The van der Waals surface area contributed by atoms with E-state index in [1.165, 1.54) is 92.2 Å². The Morgan fingerprint density at radius 1 is 0.367 bits per heavy atom. The van der Waals surface area contributed by atoms with Gasteiger partial charge < -0.3 is 9.47 Å². The standard InChI is InChI=1S/C57H36N2S/c1-2-19-39(20-3-1)58(41-31-33-45-44-23-7-10-28-52(44)59(53(45)36-41)51-29-14-16-37-15-4-5-21-42(37)51)40-32-34-55-50(35-40)57(48-26-9-11-30-54(48)60-55)47-25-8-6-22-43(47)46-24-12-17-38-18-13-27-49(57)56(38)46/h1-36H. The number of nitrogens with zero attached hydrogens (tertiary/aromatic N) is 2. The fraction of sp³-hybridized carbons (Fsp3) is 0.0175. The van der Waals surface area contributed by atoms with E-state index >= 15 is 0 Å². The third kappa shape index (κ3) is 4.61. The molecule has 3 heteroatoms. The van der Waals surface area contributed by atoms with Crippen molar-refractivity contribution < 1.29 is 0 Å². The Balaban J connectivity index is 1.10. The Kier molecular flexibility index (Phi) is 7.19. The second kappa shape index (κ2) is 12.8. The van der Waals surface area contributed by atoms with Crippen LogP contribution in [0.2, 0.25) is 0 Å². The van der Waals surface area contributed by atoms with Crippen LogP contribution in [0, 0.1) is 0 Å². The maximum absolute atomic E-state index is 2.50. The number of aromatic nitrogens is 1. The van der Waals surface area contributed by atoms with Crippen LogP contribution in [0.25, 0.3) is 60.2 Å². The van der Waals surface area contributed by atoms with Crippen molar-refractivity contribution in [2.75, 3.05) is 4.90 Å². The fourth-order valence-electron chi connectivity index (χ4n) is 10.6. The summed E-state index contributed by atoms with van der Waals surface area (Å²) >= 11 is 1.89. The Hall–Kier alpha value is -7.33.